The molecule has 4 heteroatoms. The summed E-state index contributed by atoms with van der Waals surface area (Å²) in [7, 11) is 0. The van der Waals surface area contributed by atoms with Gasteiger partial charge in [0, 0.05) is 5.92 Å². The summed E-state index contributed by atoms with van der Waals surface area (Å²) in [5.41, 5.74) is 1.21. The normalized spacial score (nSPS) is 10.9. The fraction of sp³-hybridized carbons (Fsp3) is 0.364. The maximum atomic E-state index is 4.01. The number of aromatic nitrogens is 4. The predicted octanol–water partition coefficient (Wildman–Crippen LogP) is 1.84. The minimum Gasteiger partial charge on any atom is -0.225 e. The maximum absolute atomic E-state index is 4.01. The van der Waals surface area contributed by atoms with Crippen LogP contribution >= 0.6 is 0 Å². The Labute approximate surface area is 88.9 Å². The summed E-state index contributed by atoms with van der Waals surface area (Å²) in [6, 6.07) is 10.2. The molecule has 0 aliphatic carbocycles. The van der Waals surface area contributed by atoms with Crippen molar-refractivity contribution in [1.29, 1.82) is 0 Å². The zero-order valence-electron chi connectivity index (χ0n) is 8.96. The van der Waals surface area contributed by atoms with Gasteiger partial charge in [-0.25, -0.2) is 4.68 Å². The van der Waals surface area contributed by atoms with Crippen LogP contribution in [0.5, 0.6) is 0 Å². The van der Waals surface area contributed by atoms with E-state index in [2.05, 4.69) is 41.5 Å². The zero-order chi connectivity index (χ0) is 10.7. The van der Waals surface area contributed by atoms with E-state index >= 15 is 0 Å². The third kappa shape index (κ3) is 2.21. The summed E-state index contributed by atoms with van der Waals surface area (Å²) < 4.78 is 1.85. The fourth-order valence-electron chi connectivity index (χ4n) is 1.49. The van der Waals surface area contributed by atoms with Gasteiger partial charge < -0.3 is 0 Å². The second kappa shape index (κ2) is 4.21. The first-order valence-electron chi connectivity index (χ1n) is 5.07. The van der Waals surface area contributed by atoms with Gasteiger partial charge in [-0.2, -0.15) is 0 Å². The standard InChI is InChI=1S/C11H14N4/c1-9(2)11-12-13-14-15(11)8-10-6-4-3-5-7-10/h3-7,9H,8H2,1-2H3. The van der Waals surface area contributed by atoms with E-state index in [1.165, 1.54) is 5.56 Å². The highest BCUT2D eigenvalue weighted by Crippen LogP contribution is 2.10. The van der Waals surface area contributed by atoms with Gasteiger partial charge in [0.05, 0.1) is 6.54 Å². The molecule has 0 unspecified atom stereocenters. The molecule has 1 aromatic carbocycles. The van der Waals surface area contributed by atoms with Gasteiger partial charge in [0.25, 0.3) is 0 Å². The molecule has 0 aliphatic heterocycles. The molecule has 0 radical (unpaired) electrons. The molecule has 0 aliphatic rings. The zero-order valence-corrected chi connectivity index (χ0v) is 8.96. The van der Waals surface area contributed by atoms with E-state index in [-0.39, 0.29) is 0 Å². The molecule has 78 valence electrons. The van der Waals surface area contributed by atoms with Crippen molar-refractivity contribution in [2.45, 2.75) is 26.3 Å². The molecule has 0 N–H and O–H groups in total. The summed E-state index contributed by atoms with van der Waals surface area (Å²) in [6.07, 6.45) is 0. The Bertz CT molecular complexity index is 419. The molecule has 0 spiro atoms. The van der Waals surface area contributed by atoms with Crippen LogP contribution in [0.15, 0.2) is 30.3 Å². The van der Waals surface area contributed by atoms with Gasteiger partial charge in [0.1, 0.15) is 0 Å². The van der Waals surface area contributed by atoms with Gasteiger partial charge in [0.2, 0.25) is 0 Å². The van der Waals surface area contributed by atoms with E-state index in [0.29, 0.717) is 5.92 Å². The van der Waals surface area contributed by atoms with Crippen LogP contribution in [0.25, 0.3) is 0 Å². The molecule has 0 fully saturated rings. The molecule has 2 aromatic rings. The number of nitrogens with zero attached hydrogens (tertiary/aromatic N) is 4. The monoisotopic (exact) mass is 202 g/mol. The molecule has 0 saturated heterocycles. The lowest BCUT2D eigenvalue weighted by atomic mass is 10.2. The summed E-state index contributed by atoms with van der Waals surface area (Å²) >= 11 is 0. The highest BCUT2D eigenvalue weighted by Gasteiger charge is 2.09. The van der Waals surface area contributed by atoms with Crippen LogP contribution in [-0.2, 0) is 6.54 Å². The number of hydrogen-bond acceptors (Lipinski definition) is 3. The maximum Gasteiger partial charge on any atom is 0.154 e. The molecule has 15 heavy (non-hydrogen) atoms. The Morgan fingerprint density at radius 2 is 1.93 bits per heavy atom. The molecule has 2 rings (SSSR count). The van der Waals surface area contributed by atoms with Crippen molar-refractivity contribution in [2.75, 3.05) is 0 Å². The van der Waals surface area contributed by atoms with Gasteiger partial charge in [-0.15, -0.1) is 5.10 Å². The SMILES string of the molecule is CC(C)c1nnnn1Cc1ccccc1. The molecule has 0 atom stereocenters. The van der Waals surface area contributed by atoms with Gasteiger partial charge in [-0.1, -0.05) is 44.2 Å². The van der Waals surface area contributed by atoms with Crippen LogP contribution in [0, 0.1) is 0 Å². The third-order valence-corrected chi connectivity index (χ3v) is 2.25. The fourth-order valence-corrected chi connectivity index (χ4v) is 1.49. The van der Waals surface area contributed by atoms with Crippen LogP contribution in [0.2, 0.25) is 0 Å². The Hall–Kier alpha value is -1.71. The Balaban J connectivity index is 2.21. The predicted molar refractivity (Wildman–Crippen MR) is 57.5 cm³/mol. The van der Waals surface area contributed by atoms with E-state index in [1.54, 1.807) is 0 Å². The number of rotatable bonds is 3. The summed E-state index contributed by atoms with van der Waals surface area (Å²) in [5, 5.41) is 11.7. The van der Waals surface area contributed by atoms with E-state index < -0.39 is 0 Å². The molecular formula is C11H14N4. The molecule has 0 amide bonds. The lowest BCUT2D eigenvalue weighted by Gasteiger charge is -2.06. The van der Waals surface area contributed by atoms with Crippen molar-refractivity contribution in [3.63, 3.8) is 0 Å². The Morgan fingerprint density at radius 3 is 2.60 bits per heavy atom. The van der Waals surface area contributed by atoms with E-state index in [9.17, 15) is 0 Å². The molecule has 1 heterocycles. The number of tetrazole rings is 1. The van der Waals surface area contributed by atoms with Crippen LogP contribution in [0.4, 0.5) is 0 Å². The van der Waals surface area contributed by atoms with Crippen LogP contribution < -0.4 is 0 Å². The van der Waals surface area contributed by atoms with Gasteiger partial charge in [-0.3, -0.25) is 0 Å². The lowest BCUT2D eigenvalue weighted by molar-refractivity contribution is 0.596. The lowest BCUT2D eigenvalue weighted by Crippen LogP contribution is -2.08. The second-order valence-corrected chi connectivity index (χ2v) is 3.84. The van der Waals surface area contributed by atoms with Crippen molar-refractivity contribution < 1.29 is 0 Å². The van der Waals surface area contributed by atoms with Crippen molar-refractivity contribution in [3.8, 4) is 0 Å². The second-order valence-electron chi connectivity index (χ2n) is 3.84. The van der Waals surface area contributed by atoms with Crippen molar-refractivity contribution in [1.82, 2.24) is 20.2 Å². The largest absolute Gasteiger partial charge is 0.225 e. The van der Waals surface area contributed by atoms with Crippen molar-refractivity contribution in [3.05, 3.63) is 41.7 Å². The summed E-state index contributed by atoms with van der Waals surface area (Å²) in [4.78, 5) is 0. The summed E-state index contributed by atoms with van der Waals surface area (Å²) in [5.74, 6) is 1.28. The highest BCUT2D eigenvalue weighted by atomic mass is 15.5. The van der Waals surface area contributed by atoms with Crippen LogP contribution in [0.3, 0.4) is 0 Å². The number of benzene rings is 1. The van der Waals surface area contributed by atoms with E-state index in [4.69, 9.17) is 0 Å². The minimum atomic E-state index is 0.351. The topological polar surface area (TPSA) is 43.6 Å². The molecule has 4 nitrogen and oxygen atoms in total. The third-order valence-electron chi connectivity index (χ3n) is 2.25. The minimum absolute atomic E-state index is 0.351. The van der Waals surface area contributed by atoms with Crippen LogP contribution in [-0.4, -0.2) is 20.2 Å². The van der Waals surface area contributed by atoms with Crippen molar-refractivity contribution in [2.24, 2.45) is 0 Å². The average molecular weight is 202 g/mol. The number of hydrogen-bond donors (Lipinski definition) is 0. The highest BCUT2D eigenvalue weighted by molar-refractivity contribution is 5.15. The molecular weight excluding hydrogens is 188 g/mol. The molecule has 1 aromatic heterocycles. The van der Waals surface area contributed by atoms with Crippen molar-refractivity contribution >= 4 is 0 Å². The Morgan fingerprint density at radius 1 is 1.20 bits per heavy atom. The average Bonchev–Trinajstić information content (AvgIpc) is 2.67. The quantitative estimate of drug-likeness (QED) is 0.762. The summed E-state index contributed by atoms with van der Waals surface area (Å²) in [6.45, 7) is 4.92. The Kier molecular flexibility index (Phi) is 2.76. The van der Waals surface area contributed by atoms with Gasteiger partial charge >= 0.3 is 0 Å². The molecule has 0 saturated carbocycles. The molecule has 0 bridgehead atoms. The van der Waals surface area contributed by atoms with Gasteiger partial charge in [-0.05, 0) is 16.0 Å². The van der Waals surface area contributed by atoms with Crippen LogP contribution in [0.1, 0.15) is 31.2 Å². The first-order valence-corrected chi connectivity index (χ1v) is 5.07. The smallest absolute Gasteiger partial charge is 0.154 e. The van der Waals surface area contributed by atoms with Gasteiger partial charge in [0.15, 0.2) is 5.82 Å². The first kappa shape index (κ1) is 9.83. The van der Waals surface area contributed by atoms with E-state index in [0.717, 1.165) is 12.4 Å². The van der Waals surface area contributed by atoms with E-state index in [1.807, 2.05) is 22.9 Å². The first-order chi connectivity index (χ1) is 7.27.